The van der Waals surface area contributed by atoms with Gasteiger partial charge in [-0.3, -0.25) is 40.4 Å². The average molecular weight is 1070 g/mol. The third-order valence-electron chi connectivity index (χ3n) is 10.4. The van der Waals surface area contributed by atoms with Crippen LogP contribution in [0.4, 0.5) is 47.6 Å². The van der Waals surface area contributed by atoms with E-state index in [9.17, 15) is 38.4 Å². The van der Waals surface area contributed by atoms with Gasteiger partial charge in [0.15, 0.2) is 0 Å². The van der Waals surface area contributed by atoms with Crippen LogP contribution in [0.2, 0.25) is 0 Å². The Morgan fingerprint density at radius 2 is 0.551 bits per heavy atom. The highest BCUT2D eigenvalue weighted by atomic mass is 16.6. The molecular weight excluding hydrogens is 1010 g/mol. The van der Waals surface area contributed by atoms with Crippen LogP contribution < -0.4 is 26.6 Å². The molecule has 0 atom stereocenters. The van der Waals surface area contributed by atoms with E-state index < -0.39 is 48.3 Å². The number of hydrogen-bond acceptors (Lipinski definition) is 17. The van der Waals surface area contributed by atoms with Gasteiger partial charge in [-0.1, -0.05) is 60.7 Å². The summed E-state index contributed by atoms with van der Waals surface area (Å²) in [7, 11) is 1.81. The van der Waals surface area contributed by atoms with Crippen LogP contribution in [0, 0.1) is 0 Å². The van der Waals surface area contributed by atoms with E-state index in [0.29, 0.717) is 61.7 Å². The van der Waals surface area contributed by atoms with Crippen LogP contribution in [0.3, 0.4) is 0 Å². The summed E-state index contributed by atoms with van der Waals surface area (Å²) in [4.78, 5) is 96.7. The molecule has 0 saturated carbocycles. The summed E-state index contributed by atoms with van der Waals surface area (Å²) in [5.41, 5.74) is 7.39. The summed E-state index contributed by atoms with van der Waals surface area (Å²) in [6.45, 7) is 4.09. The van der Waals surface area contributed by atoms with Gasteiger partial charge in [0, 0.05) is 79.9 Å². The SMILES string of the molecule is CNc1ccc(COC(=O)Nc2ccc(COC(=O)Nc3ccc(C=C(COC(=O)Nc4ccc(C=C(COC(C)=O)COC(C)=O)cc4)COC(=O)Nc4ccc(C=C(COC(C)=O)COC(C)=O)cc4)cc3)cc2)cc1. The second-order valence-electron chi connectivity index (χ2n) is 16.8. The molecule has 0 aliphatic heterocycles. The standard InChI is InChI=1S/C57H59N5O16/c1-37(63)71-31-46(32-72-38(2)64)26-41-6-18-51(19-7-41)60-56(69)77-35-48(36-78-57(70)61-52-20-8-42(9-21-52)27-47(33-73-39(3)65)34-74-40(4)66)28-43-10-22-50(23-11-43)59-54(67)76-30-45-14-24-53(25-15-45)62-55(68)75-29-44-12-16-49(58-5)17-13-44/h6-28,58H,29-36H2,1-5H3,(H,59,67)(H,60,69)(H,61,70)(H,62,68). The molecule has 21 nitrogen and oxygen atoms in total. The molecule has 4 amide bonds. The fourth-order valence-electron chi connectivity index (χ4n) is 6.53. The molecule has 0 unspecified atom stereocenters. The van der Waals surface area contributed by atoms with Crippen LogP contribution in [-0.4, -0.2) is 94.9 Å². The quantitative estimate of drug-likeness (QED) is 0.0284. The molecule has 0 saturated heterocycles. The van der Waals surface area contributed by atoms with Crippen LogP contribution in [-0.2, 0) is 70.3 Å². The first kappa shape index (κ1) is 59.0. The molecule has 0 aliphatic carbocycles. The van der Waals surface area contributed by atoms with Gasteiger partial charge in [-0.2, -0.15) is 0 Å². The van der Waals surface area contributed by atoms with Crippen molar-refractivity contribution in [2.75, 3.05) is 73.3 Å². The van der Waals surface area contributed by atoms with Crippen LogP contribution in [0.1, 0.15) is 55.5 Å². The zero-order valence-electron chi connectivity index (χ0n) is 43.5. The molecule has 0 bridgehead atoms. The number of esters is 4. The van der Waals surface area contributed by atoms with Gasteiger partial charge in [0.05, 0.1) is 0 Å². The summed E-state index contributed by atoms with van der Waals surface area (Å²) in [5, 5.41) is 13.6. The van der Waals surface area contributed by atoms with Gasteiger partial charge in [-0.05, 0) is 107 Å². The number of ether oxygens (including phenoxy) is 8. The van der Waals surface area contributed by atoms with Gasteiger partial charge < -0.3 is 43.2 Å². The zero-order valence-corrected chi connectivity index (χ0v) is 43.5. The van der Waals surface area contributed by atoms with Crippen LogP contribution in [0.5, 0.6) is 0 Å². The predicted octanol–water partition coefficient (Wildman–Crippen LogP) is 10.1. The van der Waals surface area contributed by atoms with Gasteiger partial charge in [0.25, 0.3) is 0 Å². The molecule has 5 N–H and O–H groups in total. The molecule has 5 aromatic rings. The molecule has 0 aliphatic rings. The second-order valence-corrected chi connectivity index (χ2v) is 16.8. The second kappa shape index (κ2) is 31.1. The number of benzene rings is 5. The summed E-state index contributed by atoms with van der Waals surface area (Å²) >= 11 is 0. The monoisotopic (exact) mass is 1070 g/mol. The Kier molecular flexibility index (Phi) is 23.5. The van der Waals surface area contributed by atoms with Crippen molar-refractivity contribution in [1.82, 2.24) is 0 Å². The van der Waals surface area contributed by atoms with E-state index in [1.807, 2.05) is 31.3 Å². The average Bonchev–Trinajstić information content (AvgIpc) is 3.42. The highest BCUT2D eigenvalue weighted by Crippen LogP contribution is 2.19. The number of anilines is 5. The fraction of sp³-hybridized carbons (Fsp3) is 0.228. The van der Waals surface area contributed by atoms with E-state index in [4.69, 9.17) is 37.9 Å². The molecule has 0 spiro atoms. The summed E-state index contributed by atoms with van der Waals surface area (Å²) in [5.74, 6) is -2.00. The largest absolute Gasteiger partial charge is 0.461 e. The number of rotatable bonds is 24. The molecule has 0 radical (unpaired) electrons. The molecule has 0 heterocycles. The van der Waals surface area contributed by atoms with E-state index >= 15 is 0 Å². The zero-order chi connectivity index (χ0) is 56.2. The Labute approximate surface area is 449 Å². The Morgan fingerprint density at radius 1 is 0.321 bits per heavy atom. The molecule has 5 aromatic carbocycles. The van der Waals surface area contributed by atoms with Crippen molar-refractivity contribution in [3.05, 3.63) is 166 Å². The van der Waals surface area contributed by atoms with E-state index in [0.717, 1.165) is 11.3 Å². The maximum atomic E-state index is 13.0. The Hall–Kier alpha value is -9.92. The number of carbonyl (C=O) groups excluding carboxylic acids is 8. The lowest BCUT2D eigenvalue weighted by Gasteiger charge is -2.13. The minimum atomic E-state index is -0.828. The van der Waals surface area contributed by atoms with Gasteiger partial charge in [0.1, 0.15) is 52.9 Å². The first-order chi connectivity index (χ1) is 37.5. The van der Waals surface area contributed by atoms with E-state index in [2.05, 4.69) is 26.6 Å². The molecule has 5 rings (SSSR count). The minimum Gasteiger partial charge on any atom is -0.461 e. The summed E-state index contributed by atoms with van der Waals surface area (Å²) < 4.78 is 42.0. The summed E-state index contributed by atoms with van der Waals surface area (Å²) in [6, 6.07) is 33.9. The maximum Gasteiger partial charge on any atom is 0.411 e. The number of nitrogens with one attached hydrogen (secondary N) is 5. The van der Waals surface area contributed by atoms with Crippen molar-refractivity contribution in [2.24, 2.45) is 0 Å². The predicted molar refractivity (Wildman–Crippen MR) is 290 cm³/mol. The van der Waals surface area contributed by atoms with Crippen molar-refractivity contribution < 1.29 is 76.3 Å². The lowest BCUT2D eigenvalue weighted by atomic mass is 10.1. The molecule has 0 aromatic heterocycles. The molecule has 408 valence electrons. The third-order valence-corrected chi connectivity index (χ3v) is 10.4. The van der Waals surface area contributed by atoms with Gasteiger partial charge in [-0.15, -0.1) is 0 Å². The Balaban J connectivity index is 1.18. The van der Waals surface area contributed by atoms with Gasteiger partial charge in [0.2, 0.25) is 0 Å². The van der Waals surface area contributed by atoms with Crippen molar-refractivity contribution in [3.8, 4) is 0 Å². The molecule has 0 fully saturated rings. The van der Waals surface area contributed by atoms with Crippen LogP contribution in [0.15, 0.2) is 138 Å². The minimum absolute atomic E-state index is 0.0619. The van der Waals surface area contributed by atoms with Crippen molar-refractivity contribution >= 4 is 94.9 Å². The highest BCUT2D eigenvalue weighted by Gasteiger charge is 2.13. The van der Waals surface area contributed by atoms with E-state index in [1.54, 1.807) is 115 Å². The lowest BCUT2D eigenvalue weighted by Crippen LogP contribution is -2.19. The summed E-state index contributed by atoms with van der Waals surface area (Å²) in [6.07, 6.45) is 1.99. The number of carbonyl (C=O) groups is 8. The van der Waals surface area contributed by atoms with Crippen molar-refractivity contribution in [2.45, 2.75) is 40.9 Å². The Bertz CT molecular complexity index is 2800. The first-order valence-corrected chi connectivity index (χ1v) is 24.0. The van der Waals surface area contributed by atoms with Gasteiger partial charge >= 0.3 is 48.3 Å². The van der Waals surface area contributed by atoms with Crippen molar-refractivity contribution in [1.29, 1.82) is 0 Å². The van der Waals surface area contributed by atoms with Crippen LogP contribution >= 0.6 is 0 Å². The molecule has 21 heteroatoms. The van der Waals surface area contributed by atoms with E-state index in [-0.39, 0.29) is 52.9 Å². The topological polar surface area (TPSA) is 271 Å². The third kappa shape index (κ3) is 23.1. The van der Waals surface area contributed by atoms with E-state index in [1.165, 1.54) is 27.7 Å². The fourth-order valence-corrected chi connectivity index (χ4v) is 6.53. The van der Waals surface area contributed by atoms with Crippen LogP contribution in [0.25, 0.3) is 18.2 Å². The highest BCUT2D eigenvalue weighted by molar-refractivity contribution is 5.87. The molecule has 78 heavy (non-hydrogen) atoms. The number of hydrogen-bond donors (Lipinski definition) is 5. The smallest absolute Gasteiger partial charge is 0.411 e. The lowest BCUT2D eigenvalue weighted by molar-refractivity contribution is -0.143. The maximum absolute atomic E-state index is 13.0. The first-order valence-electron chi connectivity index (χ1n) is 24.0. The normalized spacial score (nSPS) is 10.2. The molecular formula is C57H59N5O16. The van der Waals surface area contributed by atoms with Crippen molar-refractivity contribution in [3.63, 3.8) is 0 Å². The Morgan fingerprint density at radius 3 is 0.808 bits per heavy atom. The van der Waals surface area contributed by atoms with Gasteiger partial charge in [-0.25, -0.2) is 19.2 Å². The number of amides is 4.